The number of nitrogens with zero attached hydrogens (tertiary/aromatic N) is 3. The summed E-state index contributed by atoms with van der Waals surface area (Å²) in [7, 11) is 1.58. The van der Waals surface area contributed by atoms with E-state index in [2.05, 4.69) is 4.98 Å². The molecule has 1 N–H and O–H groups in total. The summed E-state index contributed by atoms with van der Waals surface area (Å²) in [6.45, 7) is 1.03. The molecule has 0 bridgehead atoms. The molecule has 1 aromatic carbocycles. The first-order valence-electron chi connectivity index (χ1n) is 6.74. The zero-order chi connectivity index (χ0) is 15.1. The SMILES string of the molecule is COCCN(CCO)C(=O)c1cncn1-c1ccccc1. The monoisotopic (exact) mass is 289 g/mol. The standard InChI is InChI=1S/C15H19N3O3/c1-21-10-8-17(7-9-19)15(20)14-11-16-12-18(14)13-5-3-2-4-6-13/h2-6,11-12,19H,7-10H2,1H3. The van der Waals surface area contributed by atoms with Crippen LogP contribution in [-0.4, -0.2) is 58.9 Å². The van der Waals surface area contributed by atoms with Crippen LogP contribution in [0.5, 0.6) is 0 Å². The molecule has 112 valence electrons. The van der Waals surface area contributed by atoms with Gasteiger partial charge in [0.05, 0.1) is 25.7 Å². The van der Waals surface area contributed by atoms with E-state index in [0.29, 0.717) is 18.8 Å². The molecule has 2 rings (SSSR count). The second-order valence-corrected chi connectivity index (χ2v) is 4.49. The van der Waals surface area contributed by atoms with Crippen LogP contribution in [0.25, 0.3) is 5.69 Å². The molecule has 1 aromatic heterocycles. The number of hydrogen-bond donors (Lipinski definition) is 1. The van der Waals surface area contributed by atoms with Crippen molar-refractivity contribution in [3.05, 3.63) is 48.5 Å². The van der Waals surface area contributed by atoms with Crippen molar-refractivity contribution in [2.75, 3.05) is 33.4 Å². The fraction of sp³-hybridized carbons (Fsp3) is 0.333. The van der Waals surface area contributed by atoms with E-state index < -0.39 is 0 Å². The highest BCUT2D eigenvalue weighted by molar-refractivity contribution is 5.93. The van der Waals surface area contributed by atoms with Crippen molar-refractivity contribution >= 4 is 5.91 Å². The van der Waals surface area contributed by atoms with Gasteiger partial charge in [0, 0.05) is 25.9 Å². The molecule has 0 aliphatic rings. The number of aliphatic hydroxyl groups excluding tert-OH is 1. The minimum absolute atomic E-state index is 0.0884. The third-order valence-electron chi connectivity index (χ3n) is 3.11. The smallest absolute Gasteiger partial charge is 0.272 e. The number of benzene rings is 1. The molecule has 21 heavy (non-hydrogen) atoms. The van der Waals surface area contributed by atoms with E-state index in [9.17, 15) is 4.79 Å². The Morgan fingerprint density at radius 1 is 1.33 bits per heavy atom. The summed E-state index contributed by atoms with van der Waals surface area (Å²) in [6.07, 6.45) is 3.14. The topological polar surface area (TPSA) is 67.6 Å². The van der Waals surface area contributed by atoms with Crippen molar-refractivity contribution in [3.8, 4) is 5.69 Å². The van der Waals surface area contributed by atoms with Gasteiger partial charge in [0.15, 0.2) is 0 Å². The summed E-state index contributed by atoms with van der Waals surface area (Å²) in [4.78, 5) is 18.2. The first-order valence-corrected chi connectivity index (χ1v) is 6.74. The number of amides is 1. The molecule has 0 spiro atoms. The zero-order valence-electron chi connectivity index (χ0n) is 12.0. The number of aliphatic hydroxyl groups is 1. The number of methoxy groups -OCH3 is 1. The molecule has 6 nitrogen and oxygen atoms in total. The Morgan fingerprint density at radius 3 is 2.76 bits per heavy atom. The van der Waals surface area contributed by atoms with Gasteiger partial charge in [0.25, 0.3) is 5.91 Å². The van der Waals surface area contributed by atoms with Gasteiger partial charge in [0.2, 0.25) is 0 Å². The molecule has 0 unspecified atom stereocenters. The Morgan fingerprint density at radius 2 is 2.10 bits per heavy atom. The lowest BCUT2D eigenvalue weighted by Gasteiger charge is -2.21. The van der Waals surface area contributed by atoms with E-state index in [4.69, 9.17) is 9.84 Å². The lowest BCUT2D eigenvalue weighted by Crippen LogP contribution is -2.37. The number of rotatable bonds is 7. The molecule has 0 fully saturated rings. The lowest BCUT2D eigenvalue weighted by atomic mass is 10.3. The summed E-state index contributed by atoms with van der Waals surface area (Å²) in [5.41, 5.74) is 1.33. The summed E-state index contributed by atoms with van der Waals surface area (Å²) in [6, 6.07) is 9.53. The quantitative estimate of drug-likeness (QED) is 0.824. The summed E-state index contributed by atoms with van der Waals surface area (Å²) in [5, 5.41) is 9.11. The second kappa shape index (κ2) is 7.56. The van der Waals surface area contributed by atoms with E-state index in [1.165, 1.54) is 6.20 Å². The first-order chi connectivity index (χ1) is 10.3. The summed E-state index contributed by atoms with van der Waals surface area (Å²) in [5.74, 6) is -0.178. The van der Waals surface area contributed by atoms with E-state index in [1.54, 1.807) is 22.9 Å². The fourth-order valence-electron chi connectivity index (χ4n) is 2.05. The average molecular weight is 289 g/mol. The van der Waals surface area contributed by atoms with Crippen molar-refractivity contribution in [3.63, 3.8) is 0 Å². The number of para-hydroxylation sites is 1. The molecule has 0 atom stereocenters. The maximum Gasteiger partial charge on any atom is 0.272 e. The first kappa shape index (κ1) is 15.2. The Labute approximate surface area is 123 Å². The van der Waals surface area contributed by atoms with E-state index in [1.807, 2.05) is 30.3 Å². The Kier molecular flexibility index (Phi) is 5.48. The maximum atomic E-state index is 12.6. The van der Waals surface area contributed by atoms with Crippen molar-refractivity contribution in [1.82, 2.24) is 14.5 Å². The minimum atomic E-state index is -0.178. The Bertz CT molecular complexity index is 569. The number of carbonyl (C=O) groups is 1. The number of carbonyl (C=O) groups excluding carboxylic acids is 1. The molecular formula is C15H19N3O3. The van der Waals surface area contributed by atoms with Crippen LogP contribution in [0.15, 0.2) is 42.9 Å². The van der Waals surface area contributed by atoms with E-state index >= 15 is 0 Å². The van der Waals surface area contributed by atoms with Gasteiger partial charge in [-0.1, -0.05) is 18.2 Å². The number of aromatic nitrogens is 2. The molecule has 0 aliphatic heterocycles. The molecule has 0 radical (unpaired) electrons. The van der Waals surface area contributed by atoms with Crippen molar-refractivity contribution in [1.29, 1.82) is 0 Å². The number of hydrogen-bond acceptors (Lipinski definition) is 4. The Hall–Kier alpha value is -2.18. The van der Waals surface area contributed by atoms with Gasteiger partial charge in [-0.3, -0.25) is 9.36 Å². The average Bonchev–Trinajstić information content (AvgIpc) is 3.01. The van der Waals surface area contributed by atoms with Crippen LogP contribution in [0.4, 0.5) is 0 Å². The zero-order valence-corrected chi connectivity index (χ0v) is 12.0. The molecule has 1 heterocycles. The van der Waals surface area contributed by atoms with E-state index in [-0.39, 0.29) is 19.1 Å². The summed E-state index contributed by atoms with van der Waals surface area (Å²) >= 11 is 0. The van der Waals surface area contributed by atoms with Crippen molar-refractivity contribution < 1.29 is 14.6 Å². The van der Waals surface area contributed by atoms with Crippen LogP contribution in [0.1, 0.15) is 10.5 Å². The lowest BCUT2D eigenvalue weighted by molar-refractivity contribution is 0.0648. The molecule has 2 aromatic rings. The normalized spacial score (nSPS) is 10.6. The molecule has 0 saturated carbocycles. The molecule has 1 amide bonds. The third-order valence-corrected chi connectivity index (χ3v) is 3.11. The highest BCUT2D eigenvalue weighted by Gasteiger charge is 2.19. The van der Waals surface area contributed by atoms with Crippen molar-refractivity contribution in [2.45, 2.75) is 0 Å². The van der Waals surface area contributed by atoms with Gasteiger partial charge >= 0.3 is 0 Å². The fourth-order valence-corrected chi connectivity index (χ4v) is 2.05. The van der Waals surface area contributed by atoms with Crippen LogP contribution in [0.3, 0.4) is 0 Å². The van der Waals surface area contributed by atoms with E-state index in [0.717, 1.165) is 5.69 Å². The molecular weight excluding hydrogens is 270 g/mol. The maximum absolute atomic E-state index is 12.6. The highest BCUT2D eigenvalue weighted by atomic mass is 16.5. The number of ether oxygens (including phenoxy) is 1. The summed E-state index contributed by atoms with van der Waals surface area (Å²) < 4.78 is 6.74. The minimum Gasteiger partial charge on any atom is -0.395 e. The Balaban J connectivity index is 2.24. The van der Waals surface area contributed by atoms with Gasteiger partial charge in [-0.25, -0.2) is 4.98 Å². The van der Waals surface area contributed by atoms with Gasteiger partial charge in [-0.15, -0.1) is 0 Å². The molecule has 0 aliphatic carbocycles. The number of imidazole rings is 1. The molecule has 0 saturated heterocycles. The van der Waals surface area contributed by atoms with Crippen LogP contribution >= 0.6 is 0 Å². The predicted octanol–water partition coefficient (Wildman–Crippen LogP) is 0.953. The highest BCUT2D eigenvalue weighted by Crippen LogP contribution is 2.12. The second-order valence-electron chi connectivity index (χ2n) is 4.49. The van der Waals surface area contributed by atoms with Gasteiger partial charge in [-0.05, 0) is 12.1 Å². The van der Waals surface area contributed by atoms with Crippen molar-refractivity contribution in [2.24, 2.45) is 0 Å². The van der Waals surface area contributed by atoms with Crippen LogP contribution in [-0.2, 0) is 4.74 Å². The van der Waals surface area contributed by atoms with Gasteiger partial charge < -0.3 is 14.7 Å². The van der Waals surface area contributed by atoms with Gasteiger partial charge in [0.1, 0.15) is 5.69 Å². The molecule has 6 heteroatoms. The largest absolute Gasteiger partial charge is 0.395 e. The third kappa shape index (κ3) is 3.68. The van der Waals surface area contributed by atoms with Crippen LogP contribution < -0.4 is 0 Å². The predicted molar refractivity (Wildman–Crippen MR) is 78.4 cm³/mol. The van der Waals surface area contributed by atoms with Crippen LogP contribution in [0, 0.1) is 0 Å². The van der Waals surface area contributed by atoms with Crippen LogP contribution in [0.2, 0.25) is 0 Å². The van der Waals surface area contributed by atoms with Gasteiger partial charge in [-0.2, -0.15) is 0 Å².